The molecule has 1 aromatic heterocycles. The Hall–Kier alpha value is -2.31. The number of benzene rings is 1. The minimum Gasteiger partial charge on any atom is -0.390 e. The maximum Gasteiger partial charge on any atom is 0.479 e. The fraction of sp³-hybridized carbons (Fsp3) is 0.125. The molecule has 0 amide bonds. The summed E-state index contributed by atoms with van der Waals surface area (Å²) in [5.41, 5.74) is 0.910. The van der Waals surface area contributed by atoms with Gasteiger partial charge in [-0.1, -0.05) is 30.3 Å². The molecule has 0 aliphatic heterocycles. The Labute approximate surface area is 84.5 Å². The second-order valence-electron chi connectivity index (χ2n) is 2.88. The lowest BCUT2D eigenvalue weighted by atomic mass is 10.2. The van der Waals surface area contributed by atoms with E-state index < -0.39 is 4.92 Å². The Kier molecular flexibility index (Phi) is 2.36. The van der Waals surface area contributed by atoms with Gasteiger partial charge >= 0.3 is 5.95 Å². The number of hydrogen-bond donors (Lipinski definition) is 0. The number of nitrogens with zero attached hydrogens (tertiary/aromatic N) is 5. The fourth-order valence-corrected chi connectivity index (χ4v) is 1.19. The van der Waals surface area contributed by atoms with E-state index in [-0.39, 0.29) is 5.95 Å². The number of hydrogen-bond acceptors (Lipinski definition) is 5. The fourth-order valence-electron chi connectivity index (χ4n) is 1.19. The molecular formula is C8H7N5O2. The molecule has 1 aromatic carbocycles. The van der Waals surface area contributed by atoms with E-state index in [1.807, 2.05) is 30.3 Å². The van der Waals surface area contributed by atoms with Crippen molar-refractivity contribution in [2.75, 3.05) is 0 Å². The van der Waals surface area contributed by atoms with Gasteiger partial charge in [-0.05, 0) is 10.5 Å². The summed E-state index contributed by atoms with van der Waals surface area (Å²) in [6, 6.07) is 9.28. The zero-order chi connectivity index (χ0) is 10.7. The van der Waals surface area contributed by atoms with E-state index in [9.17, 15) is 10.1 Å². The Bertz CT molecular complexity index is 467. The standard InChI is InChI=1S/C8H7N5O2/c14-13(15)8-9-10-11-12(8)6-7-4-2-1-3-5-7/h1-5H,6H2. The molecule has 0 bridgehead atoms. The molecule has 0 unspecified atom stereocenters. The SMILES string of the molecule is O=[N+]([O-])c1nnnn1Cc1ccccc1. The topological polar surface area (TPSA) is 86.7 Å². The molecule has 0 fully saturated rings. The summed E-state index contributed by atoms with van der Waals surface area (Å²) in [5.74, 6) is -0.348. The Morgan fingerprint density at radius 3 is 2.73 bits per heavy atom. The average molecular weight is 205 g/mol. The van der Waals surface area contributed by atoms with Gasteiger partial charge in [-0.2, -0.15) is 0 Å². The molecule has 2 aromatic rings. The van der Waals surface area contributed by atoms with Crippen LogP contribution < -0.4 is 0 Å². The maximum absolute atomic E-state index is 10.5. The zero-order valence-electron chi connectivity index (χ0n) is 7.65. The van der Waals surface area contributed by atoms with Crippen molar-refractivity contribution in [1.29, 1.82) is 0 Å². The van der Waals surface area contributed by atoms with Crippen LogP contribution in [0.1, 0.15) is 5.56 Å². The van der Waals surface area contributed by atoms with Crippen LogP contribution >= 0.6 is 0 Å². The molecular weight excluding hydrogens is 198 g/mol. The quantitative estimate of drug-likeness (QED) is 0.541. The zero-order valence-corrected chi connectivity index (χ0v) is 7.65. The predicted octanol–water partition coefficient (Wildman–Crippen LogP) is 0.630. The third-order valence-electron chi connectivity index (χ3n) is 1.85. The summed E-state index contributed by atoms with van der Waals surface area (Å²) in [4.78, 5) is 9.91. The van der Waals surface area contributed by atoms with Crippen LogP contribution in [0.3, 0.4) is 0 Å². The molecule has 15 heavy (non-hydrogen) atoms. The maximum atomic E-state index is 10.5. The first kappa shape index (κ1) is 9.25. The monoisotopic (exact) mass is 205 g/mol. The lowest BCUT2D eigenvalue weighted by Gasteiger charge is -1.97. The molecule has 7 heteroatoms. The van der Waals surface area contributed by atoms with Gasteiger partial charge in [0.2, 0.25) is 0 Å². The van der Waals surface area contributed by atoms with Crippen LogP contribution in [0.25, 0.3) is 0 Å². The van der Waals surface area contributed by atoms with Crippen molar-refractivity contribution >= 4 is 5.95 Å². The van der Waals surface area contributed by atoms with E-state index >= 15 is 0 Å². The molecule has 2 rings (SSSR count). The van der Waals surface area contributed by atoms with Crippen molar-refractivity contribution in [3.63, 3.8) is 0 Å². The van der Waals surface area contributed by atoms with Crippen molar-refractivity contribution in [2.24, 2.45) is 0 Å². The summed E-state index contributed by atoms with van der Waals surface area (Å²) < 4.78 is 1.15. The first-order valence-corrected chi connectivity index (χ1v) is 4.22. The Balaban J connectivity index is 2.25. The minimum absolute atomic E-state index is 0.296. The van der Waals surface area contributed by atoms with Crippen LogP contribution in [0.2, 0.25) is 0 Å². The minimum atomic E-state index is -0.608. The van der Waals surface area contributed by atoms with Gasteiger partial charge in [0.15, 0.2) is 0 Å². The van der Waals surface area contributed by atoms with Gasteiger partial charge in [0.25, 0.3) is 0 Å². The van der Waals surface area contributed by atoms with E-state index in [4.69, 9.17) is 0 Å². The lowest BCUT2D eigenvalue weighted by Crippen LogP contribution is -2.06. The van der Waals surface area contributed by atoms with E-state index in [1.54, 1.807) is 0 Å². The molecule has 0 radical (unpaired) electrons. The van der Waals surface area contributed by atoms with Gasteiger partial charge in [-0.15, -0.1) is 4.68 Å². The van der Waals surface area contributed by atoms with E-state index in [1.165, 1.54) is 0 Å². The molecule has 0 atom stereocenters. The number of nitro groups is 1. The molecule has 7 nitrogen and oxygen atoms in total. The molecule has 0 spiro atoms. The Morgan fingerprint density at radius 1 is 1.33 bits per heavy atom. The van der Waals surface area contributed by atoms with Crippen molar-refractivity contribution in [2.45, 2.75) is 6.54 Å². The summed E-state index contributed by atoms with van der Waals surface area (Å²) in [6.07, 6.45) is 0. The van der Waals surface area contributed by atoms with Gasteiger partial charge in [0.1, 0.15) is 6.54 Å². The number of tetrazole rings is 1. The summed E-state index contributed by atoms with van der Waals surface area (Å²) in [6.45, 7) is 0.296. The van der Waals surface area contributed by atoms with Crippen LogP contribution in [-0.4, -0.2) is 25.1 Å². The highest BCUT2D eigenvalue weighted by Crippen LogP contribution is 2.07. The van der Waals surface area contributed by atoms with Crippen molar-refractivity contribution in [3.05, 3.63) is 46.0 Å². The second-order valence-corrected chi connectivity index (χ2v) is 2.88. The van der Waals surface area contributed by atoms with Crippen LogP contribution in [-0.2, 0) is 6.54 Å². The van der Waals surface area contributed by atoms with Crippen molar-refractivity contribution in [1.82, 2.24) is 20.2 Å². The highest BCUT2D eigenvalue weighted by Gasteiger charge is 2.17. The third-order valence-corrected chi connectivity index (χ3v) is 1.85. The van der Waals surface area contributed by atoms with Crippen molar-refractivity contribution in [3.8, 4) is 0 Å². The molecule has 0 aliphatic rings. The number of aromatic nitrogens is 4. The van der Waals surface area contributed by atoms with Crippen LogP contribution in [0.15, 0.2) is 30.3 Å². The van der Waals surface area contributed by atoms with Gasteiger partial charge in [-0.3, -0.25) is 0 Å². The molecule has 0 aliphatic carbocycles. The third kappa shape index (κ3) is 1.96. The molecule has 0 N–H and O–H groups in total. The second kappa shape index (κ2) is 3.82. The lowest BCUT2D eigenvalue weighted by molar-refractivity contribution is -0.397. The smallest absolute Gasteiger partial charge is 0.390 e. The number of rotatable bonds is 3. The summed E-state index contributed by atoms with van der Waals surface area (Å²) in [5, 5.41) is 20.6. The summed E-state index contributed by atoms with van der Waals surface area (Å²) in [7, 11) is 0. The molecule has 1 heterocycles. The van der Waals surface area contributed by atoms with Gasteiger partial charge in [0.05, 0.1) is 10.3 Å². The van der Waals surface area contributed by atoms with Gasteiger partial charge in [0, 0.05) is 5.21 Å². The van der Waals surface area contributed by atoms with Crippen molar-refractivity contribution < 1.29 is 4.92 Å². The van der Waals surface area contributed by atoms with E-state index in [0.29, 0.717) is 6.54 Å². The van der Waals surface area contributed by atoms with Crippen LogP contribution in [0.4, 0.5) is 5.95 Å². The largest absolute Gasteiger partial charge is 0.479 e. The molecule has 76 valence electrons. The Morgan fingerprint density at radius 2 is 2.07 bits per heavy atom. The van der Waals surface area contributed by atoms with Crippen LogP contribution in [0.5, 0.6) is 0 Å². The van der Waals surface area contributed by atoms with E-state index in [2.05, 4.69) is 15.5 Å². The van der Waals surface area contributed by atoms with Gasteiger partial charge in [-0.25, -0.2) is 0 Å². The highest BCUT2D eigenvalue weighted by molar-refractivity contribution is 5.16. The summed E-state index contributed by atoms with van der Waals surface area (Å²) >= 11 is 0. The molecule has 0 saturated heterocycles. The molecule has 0 saturated carbocycles. The first-order chi connectivity index (χ1) is 7.27. The van der Waals surface area contributed by atoms with E-state index in [0.717, 1.165) is 10.2 Å². The first-order valence-electron chi connectivity index (χ1n) is 4.22. The van der Waals surface area contributed by atoms with Gasteiger partial charge < -0.3 is 10.1 Å². The predicted molar refractivity (Wildman–Crippen MR) is 50.0 cm³/mol. The normalized spacial score (nSPS) is 10.1. The van der Waals surface area contributed by atoms with Crippen LogP contribution in [0, 0.1) is 10.1 Å². The average Bonchev–Trinajstić information content (AvgIpc) is 2.67. The highest BCUT2D eigenvalue weighted by atomic mass is 16.6.